The van der Waals surface area contributed by atoms with Crippen LogP contribution in [0.15, 0.2) is 152 Å². The summed E-state index contributed by atoms with van der Waals surface area (Å²) < 4.78 is 4.74. The van der Waals surface area contributed by atoms with Crippen LogP contribution in [-0.2, 0) is 0 Å². The van der Waals surface area contributed by atoms with Gasteiger partial charge in [-0.15, -0.1) is 0 Å². The molecule has 3 aromatic heterocycles. The fraction of sp³-hybridized carbons (Fsp3) is 0.0667. The highest BCUT2D eigenvalue weighted by atomic mass is 15.1. The molecule has 3 heterocycles. The van der Waals surface area contributed by atoms with E-state index in [0.717, 1.165) is 40.4 Å². The predicted molar refractivity (Wildman–Crippen MR) is 204 cm³/mol. The van der Waals surface area contributed by atoms with Gasteiger partial charge in [0.05, 0.1) is 27.8 Å². The lowest BCUT2D eigenvalue weighted by Gasteiger charge is -2.22. The Morgan fingerprint density at radius 1 is 0.510 bits per heavy atom. The van der Waals surface area contributed by atoms with Crippen LogP contribution in [-0.4, -0.2) is 19.1 Å². The van der Waals surface area contributed by atoms with E-state index in [-0.39, 0.29) is 0 Å². The number of hydrogen-bond donors (Lipinski definition) is 0. The van der Waals surface area contributed by atoms with Crippen LogP contribution < -0.4 is 0 Å². The normalized spacial score (nSPS) is 14.3. The minimum absolute atomic E-state index is 0.306. The molecular formula is C45H32N4. The number of para-hydroxylation sites is 3. The molecule has 4 nitrogen and oxygen atoms in total. The zero-order valence-electron chi connectivity index (χ0n) is 27.1. The van der Waals surface area contributed by atoms with Crippen LogP contribution >= 0.6 is 0 Å². The number of benzene rings is 6. The molecule has 0 bridgehead atoms. The number of rotatable bonds is 4. The third-order valence-electron chi connectivity index (χ3n) is 10.1. The van der Waals surface area contributed by atoms with Crippen molar-refractivity contribution in [3.8, 4) is 34.0 Å². The summed E-state index contributed by atoms with van der Waals surface area (Å²) in [6.07, 6.45) is 5.38. The Morgan fingerprint density at radius 3 is 1.73 bits per heavy atom. The van der Waals surface area contributed by atoms with Gasteiger partial charge in [0.15, 0.2) is 5.82 Å². The van der Waals surface area contributed by atoms with E-state index in [0.29, 0.717) is 5.92 Å². The number of nitrogens with zero attached hydrogens (tertiary/aromatic N) is 4. The smallest absolute Gasteiger partial charge is 0.162 e. The lowest BCUT2D eigenvalue weighted by Crippen LogP contribution is -2.12. The van der Waals surface area contributed by atoms with Crippen molar-refractivity contribution in [2.24, 2.45) is 0 Å². The van der Waals surface area contributed by atoms with Crippen molar-refractivity contribution in [2.45, 2.75) is 19.3 Å². The Kier molecular flexibility index (Phi) is 6.18. The van der Waals surface area contributed by atoms with Gasteiger partial charge < -0.3 is 4.57 Å². The average molecular weight is 629 g/mol. The van der Waals surface area contributed by atoms with E-state index in [1.54, 1.807) is 0 Å². The minimum Gasteiger partial charge on any atom is -0.309 e. The molecule has 1 aliphatic rings. The second kappa shape index (κ2) is 10.9. The molecule has 0 radical (unpaired) electrons. The molecule has 0 amide bonds. The van der Waals surface area contributed by atoms with Crippen LogP contribution in [0.5, 0.6) is 0 Å². The molecule has 0 saturated heterocycles. The molecular weight excluding hydrogens is 597 g/mol. The quantitative estimate of drug-likeness (QED) is 0.194. The molecule has 0 aliphatic heterocycles. The lowest BCUT2D eigenvalue weighted by atomic mass is 9.91. The third kappa shape index (κ3) is 4.31. The van der Waals surface area contributed by atoms with Gasteiger partial charge in [0.2, 0.25) is 0 Å². The summed E-state index contributed by atoms with van der Waals surface area (Å²) in [7, 11) is 0. The van der Waals surface area contributed by atoms with Crippen LogP contribution in [0.4, 0.5) is 0 Å². The first-order valence-electron chi connectivity index (χ1n) is 17.0. The fourth-order valence-electron chi connectivity index (χ4n) is 7.85. The molecule has 6 aromatic carbocycles. The Bertz CT molecular complexity index is 2750. The summed E-state index contributed by atoms with van der Waals surface area (Å²) in [5, 5.41) is 4.94. The van der Waals surface area contributed by atoms with Crippen molar-refractivity contribution in [3.05, 3.63) is 163 Å². The second-order valence-corrected chi connectivity index (χ2v) is 13.1. The number of fused-ring (bicyclic) bond motifs is 7. The van der Waals surface area contributed by atoms with Gasteiger partial charge in [-0.3, -0.25) is 4.57 Å². The van der Waals surface area contributed by atoms with Gasteiger partial charge in [-0.05, 0) is 78.1 Å². The van der Waals surface area contributed by atoms with E-state index >= 15 is 0 Å². The summed E-state index contributed by atoms with van der Waals surface area (Å²) in [5.41, 5.74) is 11.5. The molecule has 1 unspecified atom stereocenters. The molecule has 232 valence electrons. The van der Waals surface area contributed by atoms with Gasteiger partial charge in [0.25, 0.3) is 0 Å². The van der Waals surface area contributed by atoms with E-state index in [1.807, 2.05) is 6.07 Å². The van der Waals surface area contributed by atoms with Crippen LogP contribution in [0.25, 0.3) is 83.7 Å². The highest BCUT2D eigenvalue weighted by Crippen LogP contribution is 2.41. The van der Waals surface area contributed by atoms with E-state index in [1.165, 1.54) is 55.0 Å². The van der Waals surface area contributed by atoms with Crippen molar-refractivity contribution in [2.75, 3.05) is 0 Å². The number of allylic oxidation sites excluding steroid dienone is 1. The first-order chi connectivity index (χ1) is 24.2. The Hall–Kier alpha value is -6.26. The molecule has 1 atom stereocenters. The Balaban J connectivity index is 1.19. The molecule has 0 fully saturated rings. The minimum atomic E-state index is 0.306. The lowest BCUT2D eigenvalue weighted by molar-refractivity contribution is 0.747. The maximum atomic E-state index is 5.34. The van der Waals surface area contributed by atoms with Crippen molar-refractivity contribution in [3.63, 3.8) is 0 Å². The highest BCUT2D eigenvalue weighted by Gasteiger charge is 2.25. The van der Waals surface area contributed by atoms with Gasteiger partial charge in [-0.2, -0.15) is 0 Å². The van der Waals surface area contributed by atoms with Crippen molar-refractivity contribution in [1.82, 2.24) is 19.1 Å². The standard InChI is InChI=1S/C45H32N4/c1-29-13-12-20-38-43(29)45(47-44(46-38)30-14-4-2-5-15-30)49-40-22-11-9-19-35(40)37-28-32(24-26-42(37)49)31-23-25-41-36(27-31)34-18-8-10-21-39(34)48(41)33-16-6-3-7-17-33/h2-12,14-29H,13H2,1H3. The van der Waals surface area contributed by atoms with Crippen LogP contribution in [0.1, 0.15) is 30.5 Å². The molecule has 0 spiro atoms. The number of aromatic nitrogens is 4. The topological polar surface area (TPSA) is 35.6 Å². The van der Waals surface area contributed by atoms with Gasteiger partial charge in [-0.25, -0.2) is 9.97 Å². The summed E-state index contributed by atoms with van der Waals surface area (Å²) in [5.74, 6) is 2.02. The van der Waals surface area contributed by atoms with Crippen molar-refractivity contribution in [1.29, 1.82) is 0 Å². The first-order valence-corrected chi connectivity index (χ1v) is 17.0. The summed E-state index contributed by atoms with van der Waals surface area (Å²) >= 11 is 0. The van der Waals surface area contributed by atoms with Crippen LogP contribution in [0.3, 0.4) is 0 Å². The van der Waals surface area contributed by atoms with Crippen molar-refractivity contribution >= 4 is 49.7 Å². The zero-order valence-corrected chi connectivity index (χ0v) is 27.1. The maximum Gasteiger partial charge on any atom is 0.162 e. The fourth-order valence-corrected chi connectivity index (χ4v) is 7.85. The van der Waals surface area contributed by atoms with E-state index < -0.39 is 0 Å². The number of hydrogen-bond acceptors (Lipinski definition) is 2. The second-order valence-electron chi connectivity index (χ2n) is 13.1. The van der Waals surface area contributed by atoms with E-state index in [4.69, 9.17) is 9.97 Å². The Morgan fingerprint density at radius 2 is 1.06 bits per heavy atom. The molecule has 49 heavy (non-hydrogen) atoms. The third-order valence-corrected chi connectivity index (χ3v) is 10.1. The highest BCUT2D eigenvalue weighted by molar-refractivity contribution is 6.12. The van der Waals surface area contributed by atoms with Crippen LogP contribution in [0.2, 0.25) is 0 Å². The molecule has 4 heteroatoms. The average Bonchev–Trinajstić information content (AvgIpc) is 3.67. The van der Waals surface area contributed by atoms with Gasteiger partial charge in [0.1, 0.15) is 5.82 Å². The SMILES string of the molecule is CC1CC=Cc2nc(-c3ccccc3)nc(-n3c4ccccc4c4cc(-c5ccc6c(c5)c5ccccc5n6-c5ccccc5)ccc43)c21. The summed E-state index contributed by atoms with van der Waals surface area (Å²) in [6.45, 7) is 2.29. The molecule has 0 saturated carbocycles. The summed E-state index contributed by atoms with van der Waals surface area (Å²) in [6, 6.07) is 52.2. The predicted octanol–water partition coefficient (Wildman–Crippen LogP) is 11.5. The summed E-state index contributed by atoms with van der Waals surface area (Å²) in [4.78, 5) is 10.4. The molecule has 1 aliphatic carbocycles. The monoisotopic (exact) mass is 628 g/mol. The molecule has 0 N–H and O–H groups in total. The van der Waals surface area contributed by atoms with Crippen molar-refractivity contribution < 1.29 is 0 Å². The van der Waals surface area contributed by atoms with Gasteiger partial charge in [0, 0.05) is 38.4 Å². The maximum absolute atomic E-state index is 5.34. The molecule has 10 rings (SSSR count). The molecule has 9 aromatic rings. The Labute approximate surface area is 284 Å². The van der Waals surface area contributed by atoms with E-state index in [2.05, 4.69) is 168 Å². The van der Waals surface area contributed by atoms with Gasteiger partial charge in [-0.1, -0.05) is 110 Å². The zero-order chi connectivity index (χ0) is 32.5. The van der Waals surface area contributed by atoms with Gasteiger partial charge >= 0.3 is 0 Å². The largest absolute Gasteiger partial charge is 0.309 e. The first kappa shape index (κ1) is 27.8. The van der Waals surface area contributed by atoms with Crippen LogP contribution in [0, 0.1) is 0 Å². The van der Waals surface area contributed by atoms with E-state index in [9.17, 15) is 0 Å².